The summed E-state index contributed by atoms with van der Waals surface area (Å²) in [6, 6.07) is 7.70. The van der Waals surface area contributed by atoms with Gasteiger partial charge in [0.1, 0.15) is 0 Å². The van der Waals surface area contributed by atoms with Crippen molar-refractivity contribution in [2.45, 2.75) is 6.92 Å². The Morgan fingerprint density at radius 3 is 2.60 bits per heavy atom. The van der Waals surface area contributed by atoms with E-state index in [2.05, 4.69) is 0 Å². The maximum Gasteiger partial charge on any atom is 0.172 e. The van der Waals surface area contributed by atoms with Gasteiger partial charge in [-0.3, -0.25) is 4.79 Å². The third-order valence-corrected chi connectivity index (χ3v) is 2.96. The number of aryl methyl sites for hydroxylation is 1. The quantitative estimate of drug-likeness (QED) is 0.548. The summed E-state index contributed by atoms with van der Waals surface area (Å²) in [6.45, 7) is 2.72. The molecule has 2 nitrogen and oxygen atoms in total. The van der Waals surface area contributed by atoms with E-state index in [0.29, 0.717) is 12.4 Å². The molecule has 0 aliphatic heterocycles. The molecule has 15 heavy (non-hydrogen) atoms. The van der Waals surface area contributed by atoms with Crippen LogP contribution < -0.4 is 0 Å². The summed E-state index contributed by atoms with van der Waals surface area (Å²) < 4.78 is 4.91. The lowest BCUT2D eigenvalue weighted by atomic mass is 10.1. The second-order valence-electron chi connectivity index (χ2n) is 3.33. The molecule has 0 atom stereocenters. The second kappa shape index (κ2) is 6.64. The molecule has 1 aromatic carbocycles. The smallest absolute Gasteiger partial charge is 0.172 e. The molecule has 1 aromatic rings. The highest BCUT2D eigenvalue weighted by molar-refractivity contribution is 8.00. The number of carbonyl (C=O) groups excluding carboxylic acids is 1. The predicted molar refractivity (Wildman–Crippen MR) is 64.7 cm³/mol. The number of Topliss-reactive ketones (excluding diaryl/α,β-unsaturated/α-hetero) is 1. The standard InChI is InChI=1S/C12H16O2S/c1-10-3-5-11(6-4-10)12(13)9-15-8-7-14-2/h3-6H,7-9H2,1-2H3. The molecule has 0 aliphatic rings. The number of ketones is 1. The lowest BCUT2D eigenvalue weighted by Crippen LogP contribution is -2.04. The number of ether oxygens (including phenoxy) is 1. The maximum absolute atomic E-state index is 11.7. The van der Waals surface area contributed by atoms with E-state index in [0.717, 1.165) is 11.3 Å². The molecule has 1 rings (SSSR count). The number of methoxy groups -OCH3 is 1. The first-order valence-corrected chi connectivity index (χ1v) is 6.06. The molecular formula is C12H16O2S. The van der Waals surface area contributed by atoms with Gasteiger partial charge < -0.3 is 4.74 Å². The molecule has 0 N–H and O–H groups in total. The normalized spacial score (nSPS) is 10.3. The van der Waals surface area contributed by atoms with Crippen LogP contribution in [-0.2, 0) is 4.74 Å². The number of rotatable bonds is 6. The Bertz CT molecular complexity index is 306. The van der Waals surface area contributed by atoms with Gasteiger partial charge >= 0.3 is 0 Å². The van der Waals surface area contributed by atoms with Crippen molar-refractivity contribution in [2.75, 3.05) is 25.2 Å². The Kier molecular flexibility index (Phi) is 5.43. The Morgan fingerprint density at radius 2 is 2.00 bits per heavy atom. The van der Waals surface area contributed by atoms with Gasteiger partial charge in [0.15, 0.2) is 5.78 Å². The molecule has 0 spiro atoms. The highest BCUT2D eigenvalue weighted by atomic mass is 32.2. The number of carbonyl (C=O) groups is 1. The van der Waals surface area contributed by atoms with E-state index in [4.69, 9.17) is 4.74 Å². The molecule has 0 fully saturated rings. The van der Waals surface area contributed by atoms with Crippen molar-refractivity contribution >= 4 is 17.5 Å². The molecule has 0 aromatic heterocycles. The van der Waals surface area contributed by atoms with Gasteiger partial charge in [-0.05, 0) is 6.92 Å². The largest absolute Gasteiger partial charge is 0.384 e. The number of benzene rings is 1. The van der Waals surface area contributed by atoms with E-state index in [1.807, 2.05) is 31.2 Å². The summed E-state index contributed by atoms with van der Waals surface area (Å²) in [6.07, 6.45) is 0. The fraction of sp³-hybridized carbons (Fsp3) is 0.417. The third-order valence-electron chi connectivity index (χ3n) is 2.04. The first-order valence-electron chi connectivity index (χ1n) is 4.90. The molecule has 3 heteroatoms. The number of hydrogen-bond acceptors (Lipinski definition) is 3. The highest BCUT2D eigenvalue weighted by Gasteiger charge is 2.04. The SMILES string of the molecule is COCCSCC(=O)c1ccc(C)cc1. The van der Waals surface area contributed by atoms with Crippen LogP contribution in [0.2, 0.25) is 0 Å². The van der Waals surface area contributed by atoms with Crippen LogP contribution >= 0.6 is 11.8 Å². The van der Waals surface area contributed by atoms with Crippen molar-refractivity contribution in [1.82, 2.24) is 0 Å². The molecule has 0 amide bonds. The number of hydrogen-bond donors (Lipinski definition) is 0. The lowest BCUT2D eigenvalue weighted by molar-refractivity contribution is 0.102. The summed E-state index contributed by atoms with van der Waals surface area (Å²) in [5.41, 5.74) is 1.98. The van der Waals surface area contributed by atoms with Gasteiger partial charge in [0.25, 0.3) is 0 Å². The van der Waals surface area contributed by atoms with Crippen molar-refractivity contribution in [1.29, 1.82) is 0 Å². The maximum atomic E-state index is 11.7. The Hall–Kier alpha value is -0.800. The van der Waals surface area contributed by atoms with Crippen LogP contribution in [-0.4, -0.2) is 31.0 Å². The van der Waals surface area contributed by atoms with E-state index < -0.39 is 0 Å². The zero-order valence-corrected chi connectivity index (χ0v) is 9.97. The van der Waals surface area contributed by atoms with Crippen LogP contribution in [0.25, 0.3) is 0 Å². The van der Waals surface area contributed by atoms with E-state index in [-0.39, 0.29) is 5.78 Å². The Morgan fingerprint density at radius 1 is 1.33 bits per heavy atom. The van der Waals surface area contributed by atoms with Gasteiger partial charge in [0, 0.05) is 18.4 Å². The Labute approximate surface area is 95.0 Å². The molecule has 0 bridgehead atoms. The first kappa shape index (κ1) is 12.3. The summed E-state index contributed by atoms with van der Waals surface area (Å²) >= 11 is 1.61. The monoisotopic (exact) mass is 224 g/mol. The minimum atomic E-state index is 0.191. The van der Waals surface area contributed by atoms with E-state index >= 15 is 0 Å². The summed E-state index contributed by atoms with van der Waals surface area (Å²) in [5.74, 6) is 1.59. The van der Waals surface area contributed by atoms with Crippen molar-refractivity contribution < 1.29 is 9.53 Å². The van der Waals surface area contributed by atoms with Gasteiger partial charge in [-0.1, -0.05) is 29.8 Å². The molecule has 0 heterocycles. The summed E-state index contributed by atoms with van der Waals surface area (Å²) in [5, 5.41) is 0. The predicted octanol–water partition coefficient (Wildman–Crippen LogP) is 2.56. The first-order chi connectivity index (χ1) is 7.24. The van der Waals surface area contributed by atoms with Crippen LogP contribution in [0.4, 0.5) is 0 Å². The third kappa shape index (κ3) is 4.49. The van der Waals surface area contributed by atoms with Crippen molar-refractivity contribution in [3.8, 4) is 0 Å². The van der Waals surface area contributed by atoms with Crippen LogP contribution in [0, 0.1) is 6.92 Å². The van der Waals surface area contributed by atoms with E-state index in [1.165, 1.54) is 5.56 Å². The minimum absolute atomic E-state index is 0.191. The summed E-state index contributed by atoms with van der Waals surface area (Å²) in [7, 11) is 1.67. The lowest BCUT2D eigenvalue weighted by Gasteiger charge is -2.01. The molecule has 0 unspecified atom stereocenters. The van der Waals surface area contributed by atoms with Gasteiger partial charge in [0.05, 0.1) is 12.4 Å². The second-order valence-corrected chi connectivity index (χ2v) is 4.44. The van der Waals surface area contributed by atoms with Gasteiger partial charge in [-0.15, -0.1) is 0 Å². The van der Waals surface area contributed by atoms with Gasteiger partial charge in [0.2, 0.25) is 0 Å². The zero-order chi connectivity index (χ0) is 11.1. The summed E-state index contributed by atoms with van der Waals surface area (Å²) in [4.78, 5) is 11.7. The molecule has 0 saturated carbocycles. The fourth-order valence-corrected chi connectivity index (χ4v) is 1.91. The van der Waals surface area contributed by atoms with Gasteiger partial charge in [-0.2, -0.15) is 11.8 Å². The molecule has 82 valence electrons. The highest BCUT2D eigenvalue weighted by Crippen LogP contribution is 2.08. The average molecular weight is 224 g/mol. The average Bonchev–Trinajstić information content (AvgIpc) is 2.25. The fourth-order valence-electron chi connectivity index (χ4n) is 1.13. The van der Waals surface area contributed by atoms with Crippen molar-refractivity contribution in [2.24, 2.45) is 0 Å². The molecule has 0 radical (unpaired) electrons. The van der Waals surface area contributed by atoms with Crippen molar-refractivity contribution in [3.63, 3.8) is 0 Å². The van der Waals surface area contributed by atoms with E-state index in [1.54, 1.807) is 18.9 Å². The molecule has 0 saturated heterocycles. The Balaban J connectivity index is 2.37. The minimum Gasteiger partial charge on any atom is -0.384 e. The van der Waals surface area contributed by atoms with E-state index in [9.17, 15) is 4.79 Å². The molecule has 0 aliphatic carbocycles. The van der Waals surface area contributed by atoms with Crippen LogP contribution in [0.3, 0.4) is 0 Å². The van der Waals surface area contributed by atoms with Gasteiger partial charge in [-0.25, -0.2) is 0 Å². The zero-order valence-electron chi connectivity index (χ0n) is 9.16. The van der Waals surface area contributed by atoms with Crippen LogP contribution in [0.15, 0.2) is 24.3 Å². The topological polar surface area (TPSA) is 26.3 Å². The number of thioether (sulfide) groups is 1. The van der Waals surface area contributed by atoms with Crippen LogP contribution in [0.1, 0.15) is 15.9 Å². The molecular weight excluding hydrogens is 208 g/mol. The van der Waals surface area contributed by atoms with Crippen molar-refractivity contribution in [3.05, 3.63) is 35.4 Å². The van der Waals surface area contributed by atoms with Crippen LogP contribution in [0.5, 0.6) is 0 Å².